The molecule has 0 amide bonds. The number of rotatable bonds is 3. The Kier molecular flexibility index (Phi) is 3.17. The normalized spacial score (nSPS) is 14.0. The summed E-state index contributed by atoms with van der Waals surface area (Å²) in [6.07, 6.45) is -0.296. The van der Waals surface area contributed by atoms with Gasteiger partial charge in [-0.15, -0.1) is 0 Å². The van der Waals surface area contributed by atoms with Crippen LogP contribution in [-0.4, -0.2) is 10.9 Å². The molecule has 0 saturated carbocycles. The van der Waals surface area contributed by atoms with E-state index in [9.17, 15) is 14.3 Å². The zero-order valence-electron chi connectivity index (χ0n) is 8.20. The molecule has 1 aromatic carbocycles. The molecule has 0 saturated heterocycles. The summed E-state index contributed by atoms with van der Waals surface area (Å²) in [6.45, 7) is 1.28. The summed E-state index contributed by atoms with van der Waals surface area (Å²) in [5.41, 5.74) is -1.64. The van der Waals surface area contributed by atoms with E-state index in [1.807, 2.05) is 0 Å². The van der Waals surface area contributed by atoms with E-state index in [1.165, 1.54) is 19.1 Å². The van der Waals surface area contributed by atoms with E-state index in [0.717, 1.165) is 12.1 Å². The highest BCUT2D eigenvalue weighted by Crippen LogP contribution is 2.24. The number of carbonyl (C=O) groups is 1. The zero-order valence-corrected chi connectivity index (χ0v) is 8.20. The minimum Gasteiger partial charge on any atom is -0.371 e. The van der Waals surface area contributed by atoms with Gasteiger partial charge in [0.05, 0.1) is 6.42 Å². The maximum Gasteiger partial charge on any atom is 0.183 e. The van der Waals surface area contributed by atoms with Crippen molar-refractivity contribution in [3.63, 3.8) is 0 Å². The smallest absolute Gasteiger partial charge is 0.183 e. The Morgan fingerprint density at radius 3 is 2.47 bits per heavy atom. The average Bonchev–Trinajstić information content (AvgIpc) is 2.17. The summed E-state index contributed by atoms with van der Waals surface area (Å²) in [5, 5.41) is 18.7. The second kappa shape index (κ2) is 4.20. The topological polar surface area (TPSA) is 61.1 Å². The molecule has 0 aromatic heterocycles. The number of nitriles is 1. The number of carbonyl (C=O) groups excluding carboxylic acids is 1. The largest absolute Gasteiger partial charge is 0.371 e. The van der Waals surface area contributed by atoms with Gasteiger partial charge >= 0.3 is 0 Å². The molecule has 78 valence electrons. The quantitative estimate of drug-likeness (QED) is 0.764. The van der Waals surface area contributed by atoms with Crippen LogP contribution >= 0.6 is 0 Å². The third-order valence-corrected chi connectivity index (χ3v) is 2.01. The molecule has 3 nitrogen and oxygen atoms in total. The average molecular weight is 207 g/mol. The summed E-state index contributed by atoms with van der Waals surface area (Å²) in [5.74, 6) is -0.759. The predicted octanol–water partition coefficient (Wildman–Crippen LogP) is 1.52. The molecular weight excluding hydrogens is 197 g/mol. The lowest BCUT2D eigenvalue weighted by atomic mass is 9.90. The number of nitrogens with zero attached hydrogens (tertiary/aromatic N) is 1. The molecule has 0 aliphatic carbocycles. The number of benzene rings is 1. The molecular formula is C11H10FNO2. The summed E-state index contributed by atoms with van der Waals surface area (Å²) in [4.78, 5) is 10.9. The van der Waals surface area contributed by atoms with Crippen LogP contribution in [0.5, 0.6) is 0 Å². The van der Waals surface area contributed by atoms with Crippen molar-refractivity contribution >= 4 is 5.78 Å². The van der Waals surface area contributed by atoms with Crippen molar-refractivity contribution in [1.82, 2.24) is 0 Å². The molecule has 0 aliphatic heterocycles. The van der Waals surface area contributed by atoms with Gasteiger partial charge in [0.15, 0.2) is 5.60 Å². The van der Waals surface area contributed by atoms with Crippen LogP contribution in [0.15, 0.2) is 24.3 Å². The van der Waals surface area contributed by atoms with Gasteiger partial charge in [-0.05, 0) is 24.6 Å². The van der Waals surface area contributed by atoms with Crippen molar-refractivity contribution < 1.29 is 14.3 Å². The number of halogens is 1. The van der Waals surface area contributed by atoms with Crippen LogP contribution in [0.25, 0.3) is 0 Å². The first-order valence-electron chi connectivity index (χ1n) is 4.37. The van der Waals surface area contributed by atoms with Crippen molar-refractivity contribution in [1.29, 1.82) is 5.26 Å². The predicted molar refractivity (Wildman–Crippen MR) is 51.2 cm³/mol. The van der Waals surface area contributed by atoms with Crippen LogP contribution in [0.3, 0.4) is 0 Å². The van der Waals surface area contributed by atoms with Crippen LogP contribution in [-0.2, 0) is 10.4 Å². The maximum atomic E-state index is 12.6. The highest BCUT2D eigenvalue weighted by Gasteiger charge is 2.30. The monoisotopic (exact) mass is 207 g/mol. The Morgan fingerprint density at radius 1 is 1.53 bits per heavy atom. The van der Waals surface area contributed by atoms with Crippen molar-refractivity contribution in [2.75, 3.05) is 0 Å². The molecule has 1 rings (SSSR count). The minimum absolute atomic E-state index is 0.224. The van der Waals surface area contributed by atoms with E-state index in [4.69, 9.17) is 5.26 Å². The maximum absolute atomic E-state index is 12.6. The van der Waals surface area contributed by atoms with Gasteiger partial charge in [-0.2, -0.15) is 5.26 Å². The lowest BCUT2D eigenvalue weighted by Gasteiger charge is -2.18. The van der Waals surface area contributed by atoms with Crippen LogP contribution < -0.4 is 0 Å². The van der Waals surface area contributed by atoms with Crippen molar-refractivity contribution in [3.8, 4) is 6.07 Å². The lowest BCUT2D eigenvalue weighted by molar-refractivity contribution is -0.120. The van der Waals surface area contributed by atoms with Crippen LogP contribution in [0, 0.1) is 17.1 Å². The van der Waals surface area contributed by atoms with Crippen molar-refractivity contribution in [2.45, 2.75) is 18.9 Å². The number of hydrogen-bond acceptors (Lipinski definition) is 3. The Labute approximate surface area is 86.8 Å². The van der Waals surface area contributed by atoms with Gasteiger partial charge in [-0.3, -0.25) is 4.79 Å². The van der Waals surface area contributed by atoms with E-state index in [2.05, 4.69) is 0 Å². The first-order chi connectivity index (χ1) is 6.98. The third kappa shape index (κ3) is 2.61. The second-order valence-corrected chi connectivity index (χ2v) is 3.36. The number of hydrogen-bond donors (Lipinski definition) is 1. The summed E-state index contributed by atoms with van der Waals surface area (Å²) >= 11 is 0. The molecule has 15 heavy (non-hydrogen) atoms. The third-order valence-electron chi connectivity index (χ3n) is 2.01. The van der Waals surface area contributed by atoms with E-state index in [0.29, 0.717) is 0 Å². The Morgan fingerprint density at radius 2 is 2.07 bits per heavy atom. The summed E-state index contributed by atoms with van der Waals surface area (Å²) in [6, 6.07) is 6.52. The van der Waals surface area contributed by atoms with Crippen molar-refractivity contribution in [3.05, 3.63) is 35.6 Å². The van der Waals surface area contributed by atoms with Gasteiger partial charge in [0.2, 0.25) is 0 Å². The van der Waals surface area contributed by atoms with Gasteiger partial charge in [-0.1, -0.05) is 12.1 Å². The molecule has 0 bridgehead atoms. The molecule has 4 heteroatoms. The van der Waals surface area contributed by atoms with Crippen LogP contribution in [0.4, 0.5) is 4.39 Å². The van der Waals surface area contributed by atoms with Gasteiger partial charge < -0.3 is 5.11 Å². The number of ketones is 1. The van der Waals surface area contributed by atoms with Crippen LogP contribution in [0.2, 0.25) is 0 Å². The lowest BCUT2D eigenvalue weighted by Crippen LogP contribution is -2.26. The van der Waals surface area contributed by atoms with E-state index >= 15 is 0 Å². The van der Waals surface area contributed by atoms with Gasteiger partial charge in [-0.25, -0.2) is 4.39 Å². The molecule has 1 atom stereocenters. The molecule has 1 aromatic rings. The molecule has 1 N–H and O–H groups in total. The molecule has 0 aliphatic rings. The fourth-order valence-electron chi connectivity index (χ4n) is 1.29. The van der Waals surface area contributed by atoms with Gasteiger partial charge in [0.25, 0.3) is 0 Å². The molecule has 0 radical (unpaired) electrons. The minimum atomic E-state index is -1.86. The summed E-state index contributed by atoms with van der Waals surface area (Å²) < 4.78 is 12.6. The summed E-state index contributed by atoms with van der Waals surface area (Å²) in [7, 11) is 0. The fourth-order valence-corrected chi connectivity index (χ4v) is 1.29. The van der Waals surface area contributed by atoms with E-state index in [-0.39, 0.29) is 17.8 Å². The Hall–Kier alpha value is -1.73. The van der Waals surface area contributed by atoms with Crippen molar-refractivity contribution in [2.24, 2.45) is 0 Å². The van der Waals surface area contributed by atoms with E-state index in [1.54, 1.807) is 6.07 Å². The second-order valence-electron chi connectivity index (χ2n) is 3.36. The first kappa shape index (κ1) is 11.3. The standard InChI is InChI=1S/C11H10FNO2/c1-8(14)6-11(15,7-13)9-2-4-10(12)5-3-9/h2-5,15H,6H2,1H3. The molecule has 0 spiro atoms. The SMILES string of the molecule is CC(=O)CC(O)(C#N)c1ccc(F)cc1. The Bertz CT molecular complexity index is 408. The number of Topliss-reactive ketones (excluding diaryl/α,β-unsaturated/α-hetero) is 1. The molecule has 0 fully saturated rings. The fraction of sp³-hybridized carbons (Fsp3) is 0.273. The molecule has 1 unspecified atom stereocenters. The van der Waals surface area contributed by atoms with Gasteiger partial charge in [0, 0.05) is 0 Å². The van der Waals surface area contributed by atoms with Crippen LogP contribution in [0.1, 0.15) is 18.9 Å². The van der Waals surface area contributed by atoms with E-state index < -0.39 is 11.4 Å². The highest BCUT2D eigenvalue weighted by molar-refractivity contribution is 5.77. The zero-order chi connectivity index (χ0) is 11.5. The Balaban J connectivity index is 3.07. The molecule has 0 heterocycles. The first-order valence-corrected chi connectivity index (χ1v) is 4.37. The number of aliphatic hydroxyl groups is 1. The van der Waals surface area contributed by atoms with Gasteiger partial charge in [0.1, 0.15) is 17.7 Å². The highest BCUT2D eigenvalue weighted by atomic mass is 19.1.